The molecular weight excluding hydrogens is 596 g/mol. The third-order valence-electron chi connectivity index (χ3n) is 6.68. The molecule has 0 aliphatic carbocycles. The van der Waals surface area contributed by atoms with Gasteiger partial charge in [-0.15, -0.1) is 0 Å². The number of hydrogen-bond acceptors (Lipinski definition) is 11. The minimum absolute atomic E-state index is 0.205. The first-order valence-electron chi connectivity index (χ1n) is 17.7. The molecule has 11 heteroatoms. The zero-order valence-corrected chi connectivity index (χ0v) is 29.4. The Labute approximate surface area is 280 Å². The van der Waals surface area contributed by atoms with E-state index in [1.165, 1.54) is 64.2 Å². The fourth-order valence-corrected chi connectivity index (χ4v) is 4.05. The van der Waals surface area contributed by atoms with E-state index in [4.69, 9.17) is 47.4 Å². The Kier molecular flexibility index (Phi) is 39.0. The van der Waals surface area contributed by atoms with Gasteiger partial charge in [-0.05, 0) is 13.3 Å². The lowest BCUT2D eigenvalue weighted by atomic mass is 10.1. The molecule has 0 saturated heterocycles. The van der Waals surface area contributed by atoms with Crippen LogP contribution in [0.3, 0.4) is 0 Å². The molecule has 274 valence electrons. The maximum Gasteiger partial charge on any atom is 0.333 e. The van der Waals surface area contributed by atoms with Crippen molar-refractivity contribution in [1.29, 1.82) is 0 Å². The third-order valence-corrected chi connectivity index (χ3v) is 6.68. The normalized spacial score (nSPS) is 11.3. The van der Waals surface area contributed by atoms with Gasteiger partial charge in [0.2, 0.25) is 0 Å². The van der Waals surface area contributed by atoms with Gasteiger partial charge in [0.15, 0.2) is 0 Å². The summed E-state index contributed by atoms with van der Waals surface area (Å²) in [6, 6.07) is 0. The van der Waals surface area contributed by atoms with Crippen LogP contribution in [0.4, 0.5) is 0 Å². The van der Waals surface area contributed by atoms with E-state index in [9.17, 15) is 4.79 Å². The van der Waals surface area contributed by atoms with Crippen LogP contribution in [0.25, 0.3) is 0 Å². The summed E-state index contributed by atoms with van der Waals surface area (Å²) in [5.41, 5.74) is 0.375. The molecule has 0 atom stereocenters. The van der Waals surface area contributed by atoms with Gasteiger partial charge in [0.05, 0.1) is 112 Å². The molecule has 0 amide bonds. The number of carbonyl (C=O) groups is 1. The zero-order valence-electron chi connectivity index (χ0n) is 29.4. The summed E-state index contributed by atoms with van der Waals surface area (Å²) in [4.78, 5) is 11.2. The van der Waals surface area contributed by atoms with E-state index in [0.717, 1.165) is 13.0 Å². The molecule has 0 rings (SSSR count). The van der Waals surface area contributed by atoms with Gasteiger partial charge in [0.25, 0.3) is 0 Å². The molecule has 0 radical (unpaired) electrons. The predicted octanol–water partition coefficient (Wildman–Crippen LogP) is 5.57. The van der Waals surface area contributed by atoms with E-state index >= 15 is 0 Å². The summed E-state index contributed by atoms with van der Waals surface area (Å²) in [7, 11) is 0. The molecule has 0 aromatic heterocycles. The quantitative estimate of drug-likeness (QED) is 0.0466. The Hall–Kier alpha value is -1.15. The molecule has 0 aromatic carbocycles. The average Bonchev–Trinajstić information content (AvgIpc) is 3.05. The lowest BCUT2D eigenvalue weighted by Crippen LogP contribution is -2.15. The molecule has 0 spiro atoms. The Morgan fingerprint density at radius 2 is 0.609 bits per heavy atom. The second-order valence-corrected chi connectivity index (χ2v) is 11.0. The zero-order chi connectivity index (χ0) is 33.4. The predicted molar refractivity (Wildman–Crippen MR) is 180 cm³/mol. The second kappa shape index (κ2) is 40.0. The van der Waals surface area contributed by atoms with Gasteiger partial charge in [-0.3, -0.25) is 0 Å². The van der Waals surface area contributed by atoms with Gasteiger partial charge in [-0.2, -0.15) is 0 Å². The molecule has 0 aliphatic heterocycles. The van der Waals surface area contributed by atoms with E-state index < -0.39 is 5.97 Å². The van der Waals surface area contributed by atoms with Gasteiger partial charge >= 0.3 is 5.97 Å². The van der Waals surface area contributed by atoms with Crippen LogP contribution in [0.5, 0.6) is 0 Å². The van der Waals surface area contributed by atoms with Crippen LogP contribution >= 0.6 is 0 Å². The highest BCUT2D eigenvalue weighted by Gasteiger charge is 2.02. The van der Waals surface area contributed by atoms with Crippen molar-refractivity contribution < 1.29 is 52.2 Å². The highest BCUT2D eigenvalue weighted by molar-refractivity contribution is 5.86. The van der Waals surface area contributed by atoms with Gasteiger partial charge in [0, 0.05) is 12.2 Å². The molecule has 0 aliphatic rings. The molecule has 0 fully saturated rings. The van der Waals surface area contributed by atoms with E-state index in [2.05, 4.69) is 13.5 Å². The molecular formula is C35H68O11. The number of esters is 1. The molecule has 0 unspecified atom stereocenters. The number of unbranched alkanes of at least 4 members (excludes halogenated alkanes) is 10. The SMILES string of the molecule is C=C(C)C(=O)OCCOCCOCCOCCOCCOCCOCCOCCOCCOCCCCCCCCCCCCC. The fraction of sp³-hybridized carbons (Fsp3) is 0.914. The second-order valence-electron chi connectivity index (χ2n) is 11.0. The van der Waals surface area contributed by atoms with Crippen LogP contribution in [0.15, 0.2) is 12.2 Å². The monoisotopic (exact) mass is 664 g/mol. The first-order valence-corrected chi connectivity index (χ1v) is 17.7. The molecule has 0 heterocycles. The lowest BCUT2D eigenvalue weighted by molar-refractivity contribution is -0.140. The van der Waals surface area contributed by atoms with Gasteiger partial charge in [-0.25, -0.2) is 4.79 Å². The summed E-state index contributed by atoms with van der Waals surface area (Å²) in [6.45, 7) is 17.1. The topological polar surface area (TPSA) is 109 Å². The molecule has 0 bridgehead atoms. The number of carbonyl (C=O) groups excluding carboxylic acids is 1. The van der Waals surface area contributed by atoms with Crippen molar-refractivity contribution >= 4 is 5.97 Å². The molecule has 0 saturated carbocycles. The van der Waals surface area contributed by atoms with Gasteiger partial charge in [-0.1, -0.05) is 77.7 Å². The van der Waals surface area contributed by atoms with Crippen molar-refractivity contribution in [2.75, 3.05) is 126 Å². The summed E-state index contributed by atoms with van der Waals surface area (Å²) in [5.74, 6) is -0.408. The fourth-order valence-electron chi connectivity index (χ4n) is 4.05. The standard InChI is InChI=1S/C35H68O11/c1-4-5-6-7-8-9-10-11-12-13-14-15-37-16-17-38-18-19-39-20-21-40-22-23-41-24-25-42-26-27-43-28-29-44-30-31-45-32-33-46-35(36)34(2)3/h2,4-33H2,1,3H3. The Morgan fingerprint density at radius 3 is 0.891 bits per heavy atom. The maximum absolute atomic E-state index is 11.2. The number of ether oxygens (including phenoxy) is 10. The molecule has 0 N–H and O–H groups in total. The van der Waals surface area contributed by atoms with Crippen LogP contribution < -0.4 is 0 Å². The largest absolute Gasteiger partial charge is 0.460 e. The minimum atomic E-state index is -0.408. The summed E-state index contributed by atoms with van der Waals surface area (Å²) in [5, 5.41) is 0. The maximum atomic E-state index is 11.2. The Morgan fingerprint density at radius 1 is 0.370 bits per heavy atom. The summed E-state index contributed by atoms with van der Waals surface area (Å²) < 4.78 is 54.2. The third kappa shape index (κ3) is 39.0. The Balaban J connectivity index is 3.06. The van der Waals surface area contributed by atoms with E-state index in [0.29, 0.717) is 118 Å². The van der Waals surface area contributed by atoms with Crippen molar-refractivity contribution in [1.82, 2.24) is 0 Å². The summed E-state index contributed by atoms with van der Waals surface area (Å²) in [6.07, 6.45) is 14.8. The van der Waals surface area contributed by atoms with Crippen LogP contribution in [0.1, 0.15) is 84.5 Å². The smallest absolute Gasteiger partial charge is 0.333 e. The Bertz CT molecular complexity index is 621. The van der Waals surface area contributed by atoms with E-state index in [-0.39, 0.29) is 6.61 Å². The van der Waals surface area contributed by atoms with Crippen molar-refractivity contribution in [2.24, 2.45) is 0 Å². The van der Waals surface area contributed by atoms with Gasteiger partial charge < -0.3 is 47.4 Å². The molecule has 11 nitrogen and oxygen atoms in total. The highest BCUT2D eigenvalue weighted by Crippen LogP contribution is 2.11. The van der Waals surface area contributed by atoms with Crippen LogP contribution in [-0.4, -0.2) is 132 Å². The summed E-state index contributed by atoms with van der Waals surface area (Å²) >= 11 is 0. The average molecular weight is 665 g/mol. The minimum Gasteiger partial charge on any atom is -0.460 e. The van der Waals surface area contributed by atoms with Crippen LogP contribution in [-0.2, 0) is 52.2 Å². The number of hydrogen-bond donors (Lipinski definition) is 0. The van der Waals surface area contributed by atoms with Crippen molar-refractivity contribution in [3.63, 3.8) is 0 Å². The first-order chi connectivity index (χ1) is 22.7. The molecule has 46 heavy (non-hydrogen) atoms. The van der Waals surface area contributed by atoms with Crippen LogP contribution in [0, 0.1) is 0 Å². The van der Waals surface area contributed by atoms with Crippen molar-refractivity contribution in [3.05, 3.63) is 12.2 Å². The lowest BCUT2D eigenvalue weighted by Gasteiger charge is -2.09. The van der Waals surface area contributed by atoms with Crippen LogP contribution in [0.2, 0.25) is 0 Å². The first kappa shape index (κ1) is 44.9. The van der Waals surface area contributed by atoms with E-state index in [1.54, 1.807) is 6.92 Å². The van der Waals surface area contributed by atoms with E-state index in [1.807, 2.05) is 0 Å². The van der Waals surface area contributed by atoms with Crippen molar-refractivity contribution in [3.8, 4) is 0 Å². The van der Waals surface area contributed by atoms with Gasteiger partial charge in [0.1, 0.15) is 6.61 Å². The molecule has 0 aromatic rings. The highest BCUT2D eigenvalue weighted by atomic mass is 16.6. The number of rotatable bonds is 40. The van der Waals surface area contributed by atoms with Crippen molar-refractivity contribution in [2.45, 2.75) is 84.5 Å².